The van der Waals surface area contributed by atoms with E-state index in [2.05, 4.69) is 10.8 Å². The van der Waals surface area contributed by atoms with Crippen LogP contribution in [0.5, 0.6) is 0 Å². The highest BCUT2D eigenvalue weighted by Crippen LogP contribution is 2.18. The van der Waals surface area contributed by atoms with Gasteiger partial charge in [0.25, 0.3) is 0 Å². The number of hydroxylamine groups is 1. The molecule has 0 radical (unpaired) electrons. The quantitative estimate of drug-likeness (QED) is 0.508. The summed E-state index contributed by atoms with van der Waals surface area (Å²) in [4.78, 5) is 16.0. The average molecular weight is 186 g/mol. The number of urea groups is 1. The summed E-state index contributed by atoms with van der Waals surface area (Å²) < 4.78 is 0. The van der Waals surface area contributed by atoms with Crippen molar-refractivity contribution in [3.05, 3.63) is 0 Å². The third kappa shape index (κ3) is 4.12. The zero-order valence-electron chi connectivity index (χ0n) is 8.14. The Labute approximate surface area is 79.0 Å². The maximum atomic E-state index is 10.8. The third-order valence-electron chi connectivity index (χ3n) is 2.35. The summed E-state index contributed by atoms with van der Waals surface area (Å²) in [5.41, 5.74) is 2.38. The van der Waals surface area contributed by atoms with Gasteiger partial charge in [0, 0.05) is 7.05 Å². The van der Waals surface area contributed by atoms with E-state index in [9.17, 15) is 4.79 Å². The van der Waals surface area contributed by atoms with Crippen LogP contribution in [0.2, 0.25) is 0 Å². The lowest BCUT2D eigenvalue weighted by Gasteiger charge is -2.14. The summed E-state index contributed by atoms with van der Waals surface area (Å²) >= 11 is 0. The molecule has 0 aromatic rings. The van der Waals surface area contributed by atoms with E-state index in [1.165, 1.54) is 25.7 Å². The summed E-state index contributed by atoms with van der Waals surface area (Å²) in [7, 11) is 1.58. The Morgan fingerprint density at radius 1 is 1.23 bits per heavy atom. The first-order valence-corrected chi connectivity index (χ1v) is 4.96. The van der Waals surface area contributed by atoms with Crippen molar-refractivity contribution in [1.82, 2.24) is 10.8 Å². The topological polar surface area (TPSA) is 50.4 Å². The molecule has 4 heteroatoms. The summed E-state index contributed by atoms with van der Waals surface area (Å²) in [6.07, 6.45) is 7.33. The van der Waals surface area contributed by atoms with Crippen molar-refractivity contribution < 1.29 is 9.63 Å². The second kappa shape index (κ2) is 5.80. The standard InChI is InChI=1S/C9H18N2O2/c1-10-9(12)11-13-8-6-4-2-3-5-7-8/h8H,2-7H2,1H3,(H2,10,11,12). The molecular weight excluding hydrogens is 168 g/mol. The van der Waals surface area contributed by atoms with E-state index in [1.807, 2.05) is 0 Å². The van der Waals surface area contributed by atoms with Crippen molar-refractivity contribution in [2.75, 3.05) is 7.05 Å². The minimum absolute atomic E-state index is 0.208. The highest BCUT2D eigenvalue weighted by molar-refractivity contribution is 5.72. The van der Waals surface area contributed by atoms with E-state index in [-0.39, 0.29) is 12.1 Å². The van der Waals surface area contributed by atoms with Crippen molar-refractivity contribution in [3.8, 4) is 0 Å². The van der Waals surface area contributed by atoms with Crippen molar-refractivity contribution in [2.24, 2.45) is 0 Å². The molecule has 0 aromatic carbocycles. The van der Waals surface area contributed by atoms with Gasteiger partial charge in [0.1, 0.15) is 0 Å². The van der Waals surface area contributed by atoms with Gasteiger partial charge in [0.15, 0.2) is 0 Å². The van der Waals surface area contributed by atoms with Gasteiger partial charge in [0.2, 0.25) is 0 Å². The van der Waals surface area contributed by atoms with Gasteiger partial charge in [-0.15, -0.1) is 0 Å². The molecule has 1 aliphatic rings. The van der Waals surface area contributed by atoms with Crippen LogP contribution in [-0.2, 0) is 4.84 Å². The molecule has 0 saturated heterocycles. The molecule has 76 valence electrons. The molecule has 2 amide bonds. The molecule has 1 fully saturated rings. The van der Waals surface area contributed by atoms with Crippen LogP contribution >= 0.6 is 0 Å². The Balaban J connectivity index is 2.15. The Kier molecular flexibility index (Phi) is 4.60. The van der Waals surface area contributed by atoms with Gasteiger partial charge in [-0.25, -0.2) is 10.3 Å². The summed E-state index contributed by atoms with van der Waals surface area (Å²) in [6, 6.07) is -0.274. The van der Waals surface area contributed by atoms with Gasteiger partial charge < -0.3 is 5.32 Å². The molecule has 2 N–H and O–H groups in total. The molecule has 0 aliphatic heterocycles. The SMILES string of the molecule is CNC(=O)NOC1CCCCCC1. The predicted molar refractivity (Wildman–Crippen MR) is 50.2 cm³/mol. The smallest absolute Gasteiger partial charge is 0.338 e. The maximum Gasteiger partial charge on any atom is 0.338 e. The third-order valence-corrected chi connectivity index (χ3v) is 2.35. The minimum atomic E-state index is -0.274. The molecule has 1 saturated carbocycles. The average Bonchev–Trinajstić information content (AvgIpc) is 2.42. The summed E-state index contributed by atoms with van der Waals surface area (Å²) in [5.74, 6) is 0. The van der Waals surface area contributed by atoms with Crippen molar-refractivity contribution in [3.63, 3.8) is 0 Å². The normalized spacial score (nSPS) is 19.2. The highest BCUT2D eigenvalue weighted by atomic mass is 16.7. The highest BCUT2D eigenvalue weighted by Gasteiger charge is 2.13. The molecule has 0 bridgehead atoms. The zero-order chi connectivity index (χ0) is 9.52. The van der Waals surface area contributed by atoms with Crippen molar-refractivity contribution >= 4 is 6.03 Å². The van der Waals surface area contributed by atoms with E-state index in [0.29, 0.717) is 0 Å². The Morgan fingerprint density at radius 2 is 1.85 bits per heavy atom. The summed E-state index contributed by atoms with van der Waals surface area (Å²) in [5, 5.41) is 2.45. The Morgan fingerprint density at radius 3 is 2.38 bits per heavy atom. The largest absolute Gasteiger partial charge is 0.339 e. The number of amides is 2. The molecule has 0 atom stereocenters. The van der Waals surface area contributed by atoms with Crippen LogP contribution in [0.1, 0.15) is 38.5 Å². The van der Waals surface area contributed by atoms with Gasteiger partial charge in [-0.1, -0.05) is 25.7 Å². The van der Waals surface area contributed by atoms with Crippen LogP contribution in [0, 0.1) is 0 Å². The van der Waals surface area contributed by atoms with Crippen LogP contribution in [0.3, 0.4) is 0 Å². The first kappa shape index (κ1) is 10.3. The van der Waals surface area contributed by atoms with E-state index in [1.54, 1.807) is 7.05 Å². The molecule has 0 heterocycles. The molecule has 0 spiro atoms. The van der Waals surface area contributed by atoms with E-state index < -0.39 is 0 Å². The number of carbonyl (C=O) groups is 1. The number of hydrogen-bond donors (Lipinski definition) is 2. The molecule has 1 aliphatic carbocycles. The summed E-state index contributed by atoms with van der Waals surface area (Å²) in [6.45, 7) is 0. The lowest BCUT2D eigenvalue weighted by atomic mass is 10.2. The van der Waals surface area contributed by atoms with Crippen LogP contribution in [0.25, 0.3) is 0 Å². The molecule has 1 rings (SSSR count). The monoisotopic (exact) mass is 186 g/mol. The van der Waals surface area contributed by atoms with Gasteiger partial charge in [0.05, 0.1) is 6.10 Å². The van der Waals surface area contributed by atoms with Gasteiger partial charge in [-0.2, -0.15) is 0 Å². The fourth-order valence-corrected chi connectivity index (χ4v) is 1.55. The van der Waals surface area contributed by atoms with E-state index in [0.717, 1.165) is 12.8 Å². The van der Waals surface area contributed by atoms with Gasteiger partial charge in [-0.05, 0) is 12.8 Å². The second-order valence-corrected chi connectivity index (χ2v) is 3.41. The number of carbonyl (C=O) groups excluding carboxylic acids is 1. The first-order chi connectivity index (χ1) is 6.33. The van der Waals surface area contributed by atoms with Crippen LogP contribution in [0.4, 0.5) is 4.79 Å². The predicted octanol–water partition coefficient (Wildman–Crippen LogP) is 1.57. The van der Waals surface area contributed by atoms with Crippen molar-refractivity contribution in [2.45, 2.75) is 44.6 Å². The van der Waals surface area contributed by atoms with Crippen LogP contribution in [-0.4, -0.2) is 19.2 Å². The van der Waals surface area contributed by atoms with E-state index in [4.69, 9.17) is 4.84 Å². The number of rotatable bonds is 2. The lowest BCUT2D eigenvalue weighted by molar-refractivity contribution is -0.0111. The molecule has 0 aromatic heterocycles. The number of hydrogen-bond acceptors (Lipinski definition) is 2. The molecule has 0 unspecified atom stereocenters. The fourth-order valence-electron chi connectivity index (χ4n) is 1.55. The van der Waals surface area contributed by atoms with Gasteiger partial charge >= 0.3 is 6.03 Å². The maximum absolute atomic E-state index is 10.8. The lowest BCUT2D eigenvalue weighted by Crippen LogP contribution is -2.35. The van der Waals surface area contributed by atoms with E-state index >= 15 is 0 Å². The number of nitrogens with one attached hydrogen (secondary N) is 2. The van der Waals surface area contributed by atoms with Crippen molar-refractivity contribution in [1.29, 1.82) is 0 Å². The van der Waals surface area contributed by atoms with Gasteiger partial charge in [-0.3, -0.25) is 4.84 Å². The molecule has 13 heavy (non-hydrogen) atoms. The van der Waals surface area contributed by atoms with Crippen LogP contribution in [0.15, 0.2) is 0 Å². The fraction of sp³-hybridized carbons (Fsp3) is 0.889. The van der Waals surface area contributed by atoms with Crippen LogP contribution < -0.4 is 10.8 Å². The zero-order valence-corrected chi connectivity index (χ0v) is 8.14. The second-order valence-electron chi connectivity index (χ2n) is 3.41. The minimum Gasteiger partial charge on any atom is -0.339 e. The Bertz CT molecular complexity index is 154. The Hall–Kier alpha value is -0.770. The first-order valence-electron chi connectivity index (χ1n) is 4.96. The molecule has 4 nitrogen and oxygen atoms in total. The molecular formula is C9H18N2O2.